The Hall–Kier alpha value is -3.67. The Balaban J connectivity index is 1.32. The van der Waals surface area contributed by atoms with E-state index in [0.717, 1.165) is 6.07 Å². The van der Waals surface area contributed by atoms with Crippen molar-refractivity contribution in [2.45, 2.75) is 106 Å². The van der Waals surface area contributed by atoms with Gasteiger partial charge in [-0.2, -0.15) is 0 Å². The average molecular weight is 741 g/mol. The lowest BCUT2D eigenvalue weighted by Crippen LogP contribution is -2.61. The largest absolute Gasteiger partial charge is 0.508 e. The van der Waals surface area contributed by atoms with Crippen molar-refractivity contribution in [1.29, 1.82) is 0 Å². The molecule has 3 fully saturated rings. The van der Waals surface area contributed by atoms with E-state index in [1.54, 1.807) is 0 Å². The van der Waals surface area contributed by atoms with E-state index in [1.165, 1.54) is 44.2 Å². The monoisotopic (exact) mass is 740 g/mol. The molecule has 15 atom stereocenters. The van der Waals surface area contributed by atoms with Gasteiger partial charge < -0.3 is 89.0 Å². The fourth-order valence-corrected chi connectivity index (χ4v) is 6.09. The summed E-state index contributed by atoms with van der Waals surface area (Å²) in [6, 6.07) is 7.38. The third-order valence-corrected chi connectivity index (χ3v) is 9.23. The first-order valence-electron chi connectivity index (χ1n) is 16.2. The number of aliphatic hydroxyl groups excluding tert-OH is 9. The van der Waals surface area contributed by atoms with Crippen molar-refractivity contribution in [2.75, 3.05) is 6.61 Å². The molecule has 0 bridgehead atoms. The zero-order valence-electron chi connectivity index (χ0n) is 27.5. The number of phenols is 2. The van der Waals surface area contributed by atoms with Crippen LogP contribution >= 0.6 is 0 Å². The molecular weight excluding hydrogens is 700 g/mol. The standard InChI is InChI=1S/C33H40O19/c1-10-19(36)23(40)26(43)31(47-10)46-9-17-21(38)25(42)28(45)33(51-17)52-30-22(39)18-15(35)7-14(49-32-27(44)24(41)20(37)11(2)48-32)8-16(18)50-29(30)12-3-5-13(34)6-4-12/h3-8,10-11,17,19-21,23-28,31-38,40-45H,9H2,1-2H3/t10-,11-,17+,19-,20-,21-,23+,24+,25-,26+,27+,28+,31+,32-,33-/m1/s1. The predicted molar refractivity (Wildman–Crippen MR) is 170 cm³/mol. The molecule has 3 aliphatic rings. The fourth-order valence-electron chi connectivity index (χ4n) is 6.09. The first-order chi connectivity index (χ1) is 24.6. The van der Waals surface area contributed by atoms with Crippen LogP contribution in [0.4, 0.5) is 0 Å². The van der Waals surface area contributed by atoms with Gasteiger partial charge in [-0.3, -0.25) is 4.79 Å². The van der Waals surface area contributed by atoms with E-state index in [1.807, 2.05) is 0 Å². The molecule has 11 N–H and O–H groups in total. The number of rotatable bonds is 8. The number of benzene rings is 2. The summed E-state index contributed by atoms with van der Waals surface area (Å²) in [5.41, 5.74) is -1.16. The summed E-state index contributed by atoms with van der Waals surface area (Å²) in [6.07, 6.45) is -23.5. The summed E-state index contributed by atoms with van der Waals surface area (Å²) in [6.45, 7) is 2.25. The molecule has 19 nitrogen and oxygen atoms in total. The van der Waals surface area contributed by atoms with E-state index in [2.05, 4.69) is 0 Å². The van der Waals surface area contributed by atoms with Crippen LogP contribution in [-0.4, -0.2) is 155 Å². The summed E-state index contributed by atoms with van der Waals surface area (Å²) in [4.78, 5) is 14.0. The average Bonchev–Trinajstić information content (AvgIpc) is 3.11. The van der Waals surface area contributed by atoms with E-state index in [9.17, 15) is 61.0 Å². The molecule has 0 aliphatic carbocycles. The maximum atomic E-state index is 14.0. The second-order valence-corrected chi connectivity index (χ2v) is 12.9. The third kappa shape index (κ3) is 7.16. The topological polar surface area (TPSA) is 308 Å². The van der Waals surface area contributed by atoms with Crippen LogP contribution < -0.4 is 14.9 Å². The third-order valence-electron chi connectivity index (χ3n) is 9.23. The lowest BCUT2D eigenvalue weighted by atomic mass is 9.98. The Labute approximate surface area is 293 Å². The Kier molecular flexibility index (Phi) is 11.0. The molecule has 0 unspecified atom stereocenters. The van der Waals surface area contributed by atoms with Crippen LogP contribution in [0.1, 0.15) is 13.8 Å². The zero-order chi connectivity index (χ0) is 37.8. The molecule has 2 aromatic carbocycles. The Morgan fingerprint density at radius 2 is 1.17 bits per heavy atom. The molecule has 0 spiro atoms. The minimum absolute atomic E-state index is 0.138. The Morgan fingerprint density at radius 1 is 0.635 bits per heavy atom. The molecule has 286 valence electrons. The number of ether oxygens (including phenoxy) is 6. The van der Waals surface area contributed by atoms with Crippen LogP contribution in [-0.2, 0) is 18.9 Å². The molecule has 0 amide bonds. The van der Waals surface area contributed by atoms with Gasteiger partial charge >= 0.3 is 0 Å². The van der Waals surface area contributed by atoms with Crippen LogP contribution in [0, 0.1) is 0 Å². The van der Waals surface area contributed by atoms with E-state index in [4.69, 9.17) is 32.8 Å². The van der Waals surface area contributed by atoms with Gasteiger partial charge in [-0.1, -0.05) is 0 Å². The summed E-state index contributed by atoms with van der Waals surface area (Å²) in [5, 5.41) is 114. The number of aromatic hydroxyl groups is 2. The highest BCUT2D eigenvalue weighted by molar-refractivity contribution is 5.88. The van der Waals surface area contributed by atoms with Crippen molar-refractivity contribution >= 4 is 11.0 Å². The minimum Gasteiger partial charge on any atom is -0.508 e. The van der Waals surface area contributed by atoms with Crippen molar-refractivity contribution in [3.05, 3.63) is 46.6 Å². The molecule has 4 heterocycles. The summed E-state index contributed by atoms with van der Waals surface area (Å²) >= 11 is 0. The SMILES string of the molecule is C[C@H]1O[C@H](OC[C@@H]2O[C@H](Oc3c(-c4ccc(O)cc4)oc4cc(O[C@H]5O[C@H](C)[C@@H](O)[C@H](O)[C@@H]5O)cc(O)c4c3=O)[C@@H](O)[C@H](O)[C@@H]2O)[C@@H](O)[C@@H](O)[C@@H]1O. The molecule has 6 rings (SSSR count). The summed E-state index contributed by atoms with van der Waals surface area (Å²) in [5.74, 6) is -2.01. The summed E-state index contributed by atoms with van der Waals surface area (Å²) < 4.78 is 39.5. The summed E-state index contributed by atoms with van der Waals surface area (Å²) in [7, 11) is 0. The predicted octanol–water partition coefficient (Wildman–Crippen LogP) is -2.89. The highest BCUT2D eigenvalue weighted by Gasteiger charge is 2.48. The highest BCUT2D eigenvalue weighted by Crippen LogP contribution is 2.38. The molecule has 0 radical (unpaired) electrons. The van der Waals surface area contributed by atoms with Gasteiger partial charge in [0.05, 0.1) is 18.8 Å². The van der Waals surface area contributed by atoms with Gasteiger partial charge in [0.25, 0.3) is 0 Å². The molecule has 1 aromatic heterocycles. The van der Waals surface area contributed by atoms with Gasteiger partial charge in [0.15, 0.2) is 12.1 Å². The van der Waals surface area contributed by atoms with Crippen molar-refractivity contribution in [1.82, 2.24) is 0 Å². The number of phenolic OH excluding ortho intramolecular Hbond substituents is 2. The molecular formula is C33H40O19. The molecule has 3 saturated heterocycles. The van der Waals surface area contributed by atoms with Crippen LogP contribution in [0.2, 0.25) is 0 Å². The number of aliphatic hydroxyl groups is 9. The molecule has 52 heavy (non-hydrogen) atoms. The molecule has 19 heteroatoms. The van der Waals surface area contributed by atoms with Crippen molar-refractivity contribution in [3.63, 3.8) is 0 Å². The fraction of sp³-hybridized carbons (Fsp3) is 0.545. The quantitative estimate of drug-likeness (QED) is 0.110. The molecule has 0 saturated carbocycles. The van der Waals surface area contributed by atoms with Crippen molar-refractivity contribution in [2.24, 2.45) is 0 Å². The van der Waals surface area contributed by atoms with Gasteiger partial charge in [0.2, 0.25) is 23.8 Å². The van der Waals surface area contributed by atoms with E-state index in [0.29, 0.717) is 0 Å². The van der Waals surface area contributed by atoms with Crippen molar-refractivity contribution in [3.8, 4) is 34.3 Å². The number of fused-ring (bicyclic) bond motifs is 1. The Morgan fingerprint density at radius 3 is 1.79 bits per heavy atom. The first kappa shape index (κ1) is 38.1. The van der Waals surface area contributed by atoms with Gasteiger partial charge in [-0.15, -0.1) is 0 Å². The first-order valence-corrected chi connectivity index (χ1v) is 16.2. The van der Waals surface area contributed by atoms with E-state index < -0.39 is 121 Å². The van der Waals surface area contributed by atoms with Crippen molar-refractivity contribution < 1.29 is 89.0 Å². The normalized spacial score (nSPS) is 38.2. The van der Waals surface area contributed by atoms with E-state index in [-0.39, 0.29) is 28.4 Å². The van der Waals surface area contributed by atoms with Gasteiger partial charge in [-0.05, 0) is 38.1 Å². The second kappa shape index (κ2) is 15.0. The number of hydrogen-bond acceptors (Lipinski definition) is 19. The van der Waals surface area contributed by atoms with Crippen LogP contribution in [0.5, 0.6) is 23.0 Å². The smallest absolute Gasteiger partial charge is 0.239 e. The lowest BCUT2D eigenvalue weighted by molar-refractivity contribution is -0.318. The Bertz CT molecular complexity index is 1770. The number of hydrogen-bond donors (Lipinski definition) is 11. The maximum Gasteiger partial charge on any atom is 0.239 e. The van der Waals surface area contributed by atoms with Gasteiger partial charge in [0.1, 0.15) is 89.3 Å². The molecule has 3 aliphatic heterocycles. The highest BCUT2D eigenvalue weighted by atomic mass is 16.7. The second-order valence-electron chi connectivity index (χ2n) is 12.9. The maximum absolute atomic E-state index is 14.0. The molecule has 3 aromatic rings. The lowest BCUT2D eigenvalue weighted by Gasteiger charge is -2.42. The van der Waals surface area contributed by atoms with Crippen LogP contribution in [0.3, 0.4) is 0 Å². The van der Waals surface area contributed by atoms with E-state index >= 15 is 0 Å². The van der Waals surface area contributed by atoms with Gasteiger partial charge in [0, 0.05) is 17.7 Å². The van der Waals surface area contributed by atoms with Crippen LogP contribution in [0.25, 0.3) is 22.3 Å². The minimum atomic E-state index is -1.98. The zero-order valence-corrected chi connectivity index (χ0v) is 27.5. The van der Waals surface area contributed by atoms with Crippen LogP contribution in [0.15, 0.2) is 45.6 Å². The van der Waals surface area contributed by atoms with Gasteiger partial charge in [-0.25, -0.2) is 0 Å².